The summed E-state index contributed by atoms with van der Waals surface area (Å²) in [6.07, 6.45) is 1.60. The molecule has 4 rings (SSSR count). The normalized spacial score (nSPS) is 11.1. The van der Waals surface area contributed by atoms with E-state index < -0.39 is 0 Å². The monoisotopic (exact) mass is 362 g/mol. The van der Waals surface area contributed by atoms with Crippen LogP contribution in [0.25, 0.3) is 16.7 Å². The largest absolute Gasteiger partial charge is 0.339 e. The Kier molecular flexibility index (Phi) is 4.13. The van der Waals surface area contributed by atoms with Gasteiger partial charge in [-0.25, -0.2) is 9.97 Å². The highest BCUT2D eigenvalue weighted by Gasteiger charge is 2.18. The van der Waals surface area contributed by atoms with Gasteiger partial charge in [0.25, 0.3) is 0 Å². The topological polar surface area (TPSA) is 42.7 Å². The number of halogens is 1. The molecule has 2 heterocycles. The average molecular weight is 363 g/mol. The van der Waals surface area contributed by atoms with Crippen molar-refractivity contribution in [2.45, 2.75) is 20.8 Å². The number of para-hydroxylation sites is 1. The first-order valence-electron chi connectivity index (χ1n) is 8.48. The molecule has 1 N–H and O–H groups in total. The number of rotatable bonds is 3. The zero-order valence-electron chi connectivity index (χ0n) is 14.9. The molecule has 0 aliphatic carbocycles. The second-order valence-corrected chi connectivity index (χ2v) is 6.75. The smallest absolute Gasteiger partial charge is 0.150 e. The molecule has 0 saturated carbocycles. The molecule has 0 atom stereocenters. The maximum absolute atomic E-state index is 6.26. The number of aromatic nitrogens is 3. The van der Waals surface area contributed by atoms with E-state index in [0.29, 0.717) is 0 Å². The lowest BCUT2D eigenvalue weighted by atomic mass is 10.1. The van der Waals surface area contributed by atoms with Crippen molar-refractivity contribution < 1.29 is 0 Å². The maximum Gasteiger partial charge on any atom is 0.150 e. The zero-order valence-corrected chi connectivity index (χ0v) is 15.7. The highest BCUT2D eigenvalue weighted by molar-refractivity contribution is 6.31. The molecule has 0 saturated heterocycles. The number of nitrogens with zero attached hydrogens (tertiary/aromatic N) is 3. The van der Waals surface area contributed by atoms with E-state index >= 15 is 0 Å². The molecule has 0 spiro atoms. The fourth-order valence-corrected chi connectivity index (χ4v) is 3.43. The summed E-state index contributed by atoms with van der Waals surface area (Å²) in [5.41, 5.74) is 6.24. The van der Waals surface area contributed by atoms with Gasteiger partial charge in [-0.15, -0.1) is 0 Å². The standard InChI is InChI=1S/C21H19ClN4/c1-13-15(3)26(16-8-5-4-6-9-16)21-19(13)20(23-12-24-21)25-18-11-7-10-17(22)14(18)2/h4-12H,1-3H3,(H,23,24,25). The Balaban J connectivity index is 1.92. The molecular formula is C21H19ClN4. The summed E-state index contributed by atoms with van der Waals surface area (Å²) in [5.74, 6) is 0.788. The zero-order chi connectivity index (χ0) is 18.3. The minimum absolute atomic E-state index is 0.732. The molecule has 0 aliphatic rings. The van der Waals surface area contributed by atoms with Gasteiger partial charge in [-0.05, 0) is 56.2 Å². The Hall–Kier alpha value is -2.85. The number of aryl methyl sites for hydroxylation is 1. The van der Waals surface area contributed by atoms with E-state index in [-0.39, 0.29) is 0 Å². The Bertz CT molecular complexity index is 1100. The molecule has 2 aromatic heterocycles. The van der Waals surface area contributed by atoms with Crippen molar-refractivity contribution in [2.24, 2.45) is 0 Å². The van der Waals surface area contributed by atoms with Crippen LogP contribution in [0.3, 0.4) is 0 Å². The third-order valence-corrected chi connectivity index (χ3v) is 5.24. The molecule has 130 valence electrons. The van der Waals surface area contributed by atoms with Crippen molar-refractivity contribution in [1.29, 1.82) is 0 Å². The lowest BCUT2D eigenvalue weighted by Gasteiger charge is -2.11. The van der Waals surface area contributed by atoms with E-state index in [0.717, 1.165) is 50.1 Å². The van der Waals surface area contributed by atoms with Crippen LogP contribution in [0.4, 0.5) is 11.5 Å². The lowest BCUT2D eigenvalue weighted by Crippen LogP contribution is -2.00. The van der Waals surface area contributed by atoms with Gasteiger partial charge in [-0.1, -0.05) is 35.9 Å². The third-order valence-electron chi connectivity index (χ3n) is 4.83. The molecule has 4 aromatic rings. The molecule has 0 unspecified atom stereocenters. The second-order valence-electron chi connectivity index (χ2n) is 6.34. The highest BCUT2D eigenvalue weighted by atomic mass is 35.5. The van der Waals surface area contributed by atoms with Gasteiger partial charge in [0.1, 0.15) is 12.1 Å². The van der Waals surface area contributed by atoms with Gasteiger partial charge in [-0.2, -0.15) is 0 Å². The molecule has 0 amide bonds. The summed E-state index contributed by atoms with van der Waals surface area (Å²) in [5, 5.41) is 5.19. The Morgan fingerprint density at radius 1 is 0.885 bits per heavy atom. The molecule has 4 nitrogen and oxygen atoms in total. The highest BCUT2D eigenvalue weighted by Crippen LogP contribution is 2.33. The number of benzene rings is 2. The first-order chi connectivity index (χ1) is 12.6. The molecule has 26 heavy (non-hydrogen) atoms. The molecule has 0 fully saturated rings. The van der Waals surface area contributed by atoms with Gasteiger partial charge in [-0.3, -0.25) is 4.57 Å². The van der Waals surface area contributed by atoms with Gasteiger partial charge < -0.3 is 5.32 Å². The minimum Gasteiger partial charge on any atom is -0.339 e. The number of hydrogen-bond acceptors (Lipinski definition) is 3. The summed E-state index contributed by atoms with van der Waals surface area (Å²) in [7, 11) is 0. The lowest BCUT2D eigenvalue weighted by molar-refractivity contribution is 1.01. The maximum atomic E-state index is 6.26. The van der Waals surface area contributed by atoms with E-state index in [4.69, 9.17) is 11.6 Å². The van der Waals surface area contributed by atoms with Crippen LogP contribution in [-0.2, 0) is 0 Å². The van der Waals surface area contributed by atoms with Crippen LogP contribution in [-0.4, -0.2) is 14.5 Å². The van der Waals surface area contributed by atoms with Gasteiger partial charge >= 0.3 is 0 Å². The van der Waals surface area contributed by atoms with E-state index in [9.17, 15) is 0 Å². The fraction of sp³-hybridized carbons (Fsp3) is 0.143. The van der Waals surface area contributed by atoms with Crippen molar-refractivity contribution in [2.75, 3.05) is 5.32 Å². The molecule has 5 heteroatoms. The Labute approximate surface area is 157 Å². The van der Waals surface area contributed by atoms with Crippen molar-refractivity contribution >= 4 is 34.1 Å². The summed E-state index contributed by atoms with van der Waals surface area (Å²) < 4.78 is 2.17. The molecular weight excluding hydrogens is 344 g/mol. The van der Waals surface area contributed by atoms with Crippen LogP contribution in [0, 0.1) is 20.8 Å². The third kappa shape index (κ3) is 2.63. The van der Waals surface area contributed by atoms with Crippen molar-refractivity contribution in [1.82, 2.24) is 14.5 Å². The number of anilines is 2. The first kappa shape index (κ1) is 16.6. The Morgan fingerprint density at radius 3 is 2.42 bits per heavy atom. The SMILES string of the molecule is Cc1c(Cl)cccc1Nc1ncnc2c1c(C)c(C)n2-c1ccccc1. The molecule has 0 radical (unpaired) electrons. The van der Waals surface area contributed by atoms with Crippen molar-refractivity contribution in [3.05, 3.63) is 76.7 Å². The van der Waals surface area contributed by atoms with Crippen molar-refractivity contribution in [3.8, 4) is 5.69 Å². The van der Waals surface area contributed by atoms with Crippen LogP contribution in [0.5, 0.6) is 0 Å². The minimum atomic E-state index is 0.732. The van der Waals surface area contributed by atoms with E-state index in [1.54, 1.807) is 6.33 Å². The van der Waals surface area contributed by atoms with Crippen LogP contribution in [0.2, 0.25) is 5.02 Å². The molecule has 0 aliphatic heterocycles. The molecule has 0 bridgehead atoms. The van der Waals surface area contributed by atoms with Crippen LogP contribution in [0.15, 0.2) is 54.9 Å². The first-order valence-corrected chi connectivity index (χ1v) is 8.86. The quantitative estimate of drug-likeness (QED) is 0.505. The predicted molar refractivity (Wildman–Crippen MR) is 108 cm³/mol. The second kappa shape index (κ2) is 6.46. The summed E-state index contributed by atoms with van der Waals surface area (Å²) >= 11 is 6.26. The number of fused-ring (bicyclic) bond motifs is 1. The van der Waals surface area contributed by atoms with Gasteiger partial charge in [0.05, 0.1) is 5.39 Å². The van der Waals surface area contributed by atoms with E-state index in [1.807, 2.05) is 43.3 Å². The fourth-order valence-electron chi connectivity index (χ4n) is 3.26. The van der Waals surface area contributed by atoms with Crippen LogP contribution < -0.4 is 5.32 Å². The summed E-state index contributed by atoms with van der Waals surface area (Å²) in [6.45, 7) is 6.21. The number of hydrogen-bond donors (Lipinski definition) is 1. The van der Waals surface area contributed by atoms with Gasteiger partial charge in [0, 0.05) is 22.1 Å². The van der Waals surface area contributed by atoms with E-state index in [1.165, 1.54) is 0 Å². The van der Waals surface area contributed by atoms with Crippen molar-refractivity contribution in [3.63, 3.8) is 0 Å². The van der Waals surface area contributed by atoms with Gasteiger partial charge in [0.2, 0.25) is 0 Å². The number of nitrogens with one attached hydrogen (secondary N) is 1. The predicted octanol–water partition coefficient (Wildman–Crippen LogP) is 5.74. The Morgan fingerprint density at radius 2 is 1.65 bits per heavy atom. The van der Waals surface area contributed by atoms with Crippen LogP contribution >= 0.6 is 11.6 Å². The van der Waals surface area contributed by atoms with Crippen LogP contribution in [0.1, 0.15) is 16.8 Å². The summed E-state index contributed by atoms with van der Waals surface area (Å²) in [6, 6.07) is 16.1. The summed E-state index contributed by atoms with van der Waals surface area (Å²) in [4.78, 5) is 9.07. The van der Waals surface area contributed by atoms with Gasteiger partial charge in [0.15, 0.2) is 5.65 Å². The van der Waals surface area contributed by atoms with E-state index in [2.05, 4.69) is 45.8 Å². The average Bonchev–Trinajstić information content (AvgIpc) is 2.91. The molecule has 2 aromatic carbocycles.